The van der Waals surface area contributed by atoms with Crippen LogP contribution in [0.15, 0.2) is 18.2 Å². The number of anilines is 1. The summed E-state index contributed by atoms with van der Waals surface area (Å²) in [5.41, 5.74) is 3.22. The zero-order chi connectivity index (χ0) is 14.5. The van der Waals surface area contributed by atoms with Crippen molar-refractivity contribution in [2.75, 3.05) is 25.0 Å². The van der Waals surface area contributed by atoms with Crippen molar-refractivity contribution in [2.24, 2.45) is 5.92 Å². The quantitative estimate of drug-likeness (QED) is 0.856. The predicted molar refractivity (Wildman–Crippen MR) is 79.8 cm³/mol. The fourth-order valence-electron chi connectivity index (χ4n) is 2.57. The lowest BCUT2D eigenvalue weighted by molar-refractivity contribution is -0.119. The normalized spacial score (nSPS) is 19.6. The van der Waals surface area contributed by atoms with Gasteiger partial charge in [-0.1, -0.05) is 6.07 Å². The van der Waals surface area contributed by atoms with E-state index in [1.807, 2.05) is 32.0 Å². The Kier molecular flexibility index (Phi) is 4.90. The van der Waals surface area contributed by atoms with Gasteiger partial charge in [0.25, 0.3) is 0 Å². The summed E-state index contributed by atoms with van der Waals surface area (Å²) in [6, 6.07) is 5.91. The maximum Gasteiger partial charge on any atom is 0.238 e. The number of hydrogen-bond acceptors (Lipinski definition) is 3. The van der Waals surface area contributed by atoms with Gasteiger partial charge < -0.3 is 10.1 Å². The van der Waals surface area contributed by atoms with Gasteiger partial charge in [-0.3, -0.25) is 9.69 Å². The first-order valence-corrected chi connectivity index (χ1v) is 7.13. The van der Waals surface area contributed by atoms with Crippen molar-refractivity contribution in [3.05, 3.63) is 29.3 Å². The Morgan fingerprint density at radius 1 is 1.40 bits per heavy atom. The summed E-state index contributed by atoms with van der Waals surface area (Å²) in [5.74, 6) is 0.0676. The number of benzene rings is 1. The van der Waals surface area contributed by atoms with Crippen LogP contribution in [0.2, 0.25) is 0 Å². The Bertz CT molecular complexity index is 499. The van der Waals surface area contributed by atoms with Crippen LogP contribution in [0.25, 0.3) is 0 Å². The fourth-order valence-corrected chi connectivity index (χ4v) is 2.57. The molecule has 0 aliphatic carbocycles. The first kappa shape index (κ1) is 14.7. The zero-order valence-corrected chi connectivity index (χ0v) is 12.2. The summed E-state index contributed by atoms with van der Waals surface area (Å²) < 4.78 is 0. The summed E-state index contributed by atoms with van der Waals surface area (Å²) >= 11 is 0. The predicted octanol–water partition coefficient (Wildman–Crippen LogP) is 2.15. The van der Waals surface area contributed by atoms with E-state index in [1.165, 1.54) is 11.1 Å². The molecule has 108 valence electrons. The van der Waals surface area contributed by atoms with Crippen LogP contribution >= 0.6 is 0 Å². The van der Waals surface area contributed by atoms with Crippen LogP contribution in [0, 0.1) is 19.8 Å². The largest absolute Gasteiger partial charge is 0.325 e. The first-order valence-electron chi connectivity index (χ1n) is 7.13. The molecule has 0 bridgehead atoms. The molecule has 1 aromatic carbocycles. The van der Waals surface area contributed by atoms with Crippen LogP contribution in [0.1, 0.15) is 24.0 Å². The van der Waals surface area contributed by atoms with Crippen LogP contribution in [-0.4, -0.2) is 36.7 Å². The highest BCUT2D eigenvalue weighted by molar-refractivity contribution is 5.92. The SMILES string of the molecule is Cc1ccc(NC(=O)CN2CCCC(C=O)C2)cc1C. The number of amides is 1. The Morgan fingerprint density at radius 3 is 2.90 bits per heavy atom. The minimum Gasteiger partial charge on any atom is -0.325 e. The van der Waals surface area contributed by atoms with Gasteiger partial charge in [-0.2, -0.15) is 0 Å². The van der Waals surface area contributed by atoms with Gasteiger partial charge in [0.15, 0.2) is 0 Å². The summed E-state index contributed by atoms with van der Waals surface area (Å²) in [4.78, 5) is 24.9. The van der Waals surface area contributed by atoms with E-state index in [0.717, 1.165) is 31.4 Å². The van der Waals surface area contributed by atoms with E-state index < -0.39 is 0 Å². The zero-order valence-electron chi connectivity index (χ0n) is 12.2. The third-order valence-electron chi connectivity index (χ3n) is 3.89. The number of piperidine rings is 1. The molecule has 1 aliphatic rings. The lowest BCUT2D eigenvalue weighted by Crippen LogP contribution is -2.40. The second kappa shape index (κ2) is 6.66. The summed E-state index contributed by atoms with van der Waals surface area (Å²) in [6.07, 6.45) is 2.94. The third-order valence-corrected chi connectivity index (χ3v) is 3.89. The summed E-state index contributed by atoms with van der Waals surface area (Å²) in [5, 5.41) is 2.92. The minimum atomic E-state index is -0.0141. The van der Waals surface area contributed by atoms with E-state index in [0.29, 0.717) is 13.1 Å². The number of aldehydes is 1. The highest BCUT2D eigenvalue weighted by Crippen LogP contribution is 2.16. The molecular weight excluding hydrogens is 252 g/mol. The molecule has 1 fully saturated rings. The second-order valence-electron chi connectivity index (χ2n) is 5.62. The van der Waals surface area contributed by atoms with Crippen molar-refractivity contribution in [1.82, 2.24) is 4.90 Å². The maximum absolute atomic E-state index is 12.0. The molecule has 1 saturated heterocycles. The molecule has 0 aromatic heterocycles. The number of aryl methyl sites for hydroxylation is 2. The number of nitrogens with zero attached hydrogens (tertiary/aromatic N) is 1. The van der Waals surface area contributed by atoms with Crippen molar-refractivity contribution in [1.29, 1.82) is 0 Å². The van der Waals surface area contributed by atoms with Gasteiger partial charge in [0, 0.05) is 18.2 Å². The van der Waals surface area contributed by atoms with Crippen LogP contribution in [0.5, 0.6) is 0 Å². The lowest BCUT2D eigenvalue weighted by Gasteiger charge is -2.29. The highest BCUT2D eigenvalue weighted by atomic mass is 16.2. The van der Waals surface area contributed by atoms with Gasteiger partial charge in [0.1, 0.15) is 6.29 Å². The van der Waals surface area contributed by atoms with Crippen LogP contribution in [-0.2, 0) is 9.59 Å². The van der Waals surface area contributed by atoms with E-state index >= 15 is 0 Å². The van der Waals surface area contributed by atoms with E-state index in [4.69, 9.17) is 0 Å². The molecule has 0 spiro atoms. The van der Waals surface area contributed by atoms with Crippen LogP contribution < -0.4 is 5.32 Å². The molecule has 1 aliphatic heterocycles. The number of rotatable bonds is 4. The molecule has 2 rings (SSSR count). The standard InChI is InChI=1S/C16H22N2O2/c1-12-5-6-15(8-13(12)2)17-16(20)10-18-7-3-4-14(9-18)11-19/h5-6,8,11,14H,3-4,7,9-10H2,1-2H3,(H,17,20). The molecule has 0 saturated carbocycles. The van der Waals surface area contributed by atoms with E-state index in [1.54, 1.807) is 0 Å². The molecule has 0 radical (unpaired) electrons. The monoisotopic (exact) mass is 274 g/mol. The first-order chi connectivity index (χ1) is 9.58. The molecule has 4 nitrogen and oxygen atoms in total. The molecule has 1 aromatic rings. The molecule has 1 amide bonds. The smallest absolute Gasteiger partial charge is 0.238 e. The summed E-state index contributed by atoms with van der Waals surface area (Å²) in [6.45, 7) is 6.03. The van der Waals surface area contributed by atoms with Gasteiger partial charge in [-0.25, -0.2) is 0 Å². The van der Waals surface area contributed by atoms with Crippen molar-refractivity contribution in [2.45, 2.75) is 26.7 Å². The van der Waals surface area contributed by atoms with Crippen LogP contribution in [0.4, 0.5) is 5.69 Å². The number of nitrogens with one attached hydrogen (secondary N) is 1. The molecule has 20 heavy (non-hydrogen) atoms. The third kappa shape index (κ3) is 3.90. The lowest BCUT2D eigenvalue weighted by atomic mass is 10.00. The average Bonchev–Trinajstić information content (AvgIpc) is 2.43. The minimum absolute atomic E-state index is 0.0141. The Balaban J connectivity index is 1.88. The molecule has 4 heteroatoms. The highest BCUT2D eigenvalue weighted by Gasteiger charge is 2.20. The number of hydrogen-bond donors (Lipinski definition) is 1. The molecule has 1 atom stereocenters. The van der Waals surface area contributed by atoms with Gasteiger partial charge in [-0.05, 0) is 56.5 Å². The number of carbonyl (C=O) groups excluding carboxylic acids is 2. The van der Waals surface area contributed by atoms with E-state index in [-0.39, 0.29) is 11.8 Å². The second-order valence-corrected chi connectivity index (χ2v) is 5.62. The topological polar surface area (TPSA) is 49.4 Å². The molecule has 1 N–H and O–H groups in total. The van der Waals surface area contributed by atoms with E-state index in [2.05, 4.69) is 10.2 Å². The van der Waals surface area contributed by atoms with Crippen molar-refractivity contribution < 1.29 is 9.59 Å². The van der Waals surface area contributed by atoms with E-state index in [9.17, 15) is 9.59 Å². The summed E-state index contributed by atoms with van der Waals surface area (Å²) in [7, 11) is 0. The van der Waals surface area contributed by atoms with Crippen molar-refractivity contribution >= 4 is 17.9 Å². The number of carbonyl (C=O) groups is 2. The molecule has 1 heterocycles. The Hall–Kier alpha value is -1.68. The molecule has 1 unspecified atom stereocenters. The Labute approximate surface area is 120 Å². The molecular formula is C16H22N2O2. The van der Waals surface area contributed by atoms with Crippen LogP contribution in [0.3, 0.4) is 0 Å². The van der Waals surface area contributed by atoms with Gasteiger partial charge in [-0.15, -0.1) is 0 Å². The van der Waals surface area contributed by atoms with Gasteiger partial charge in [0.2, 0.25) is 5.91 Å². The van der Waals surface area contributed by atoms with Crippen molar-refractivity contribution in [3.63, 3.8) is 0 Å². The van der Waals surface area contributed by atoms with Gasteiger partial charge in [0.05, 0.1) is 6.54 Å². The van der Waals surface area contributed by atoms with Crippen molar-refractivity contribution in [3.8, 4) is 0 Å². The number of likely N-dealkylation sites (tertiary alicyclic amines) is 1. The average molecular weight is 274 g/mol. The van der Waals surface area contributed by atoms with Gasteiger partial charge >= 0.3 is 0 Å². The Morgan fingerprint density at radius 2 is 2.20 bits per heavy atom. The fraction of sp³-hybridized carbons (Fsp3) is 0.500. The maximum atomic E-state index is 12.0.